The van der Waals surface area contributed by atoms with Gasteiger partial charge in [-0.1, -0.05) is 24.3 Å². The number of carbonyl (C=O) groups excluding carboxylic acids is 2. The molecule has 0 saturated carbocycles. The van der Waals surface area contributed by atoms with E-state index in [9.17, 15) is 9.59 Å². The van der Waals surface area contributed by atoms with Gasteiger partial charge in [-0.3, -0.25) is 9.59 Å². The van der Waals surface area contributed by atoms with Crippen LogP contribution in [-0.4, -0.2) is 68.6 Å². The molecule has 1 fully saturated rings. The van der Waals surface area contributed by atoms with E-state index in [0.29, 0.717) is 40.6 Å². The van der Waals surface area contributed by atoms with Gasteiger partial charge in [0.15, 0.2) is 0 Å². The second kappa shape index (κ2) is 9.67. The second-order valence-electron chi connectivity index (χ2n) is 8.45. The summed E-state index contributed by atoms with van der Waals surface area (Å²) in [6.45, 7) is 4.30. The lowest BCUT2D eigenvalue weighted by atomic mass is 9.99. The molecular weight excluding hydrogens is 418 g/mol. The maximum atomic E-state index is 13.8. The van der Waals surface area contributed by atoms with Crippen LogP contribution in [0.15, 0.2) is 54.2 Å². The molecule has 0 aliphatic carbocycles. The van der Waals surface area contributed by atoms with Gasteiger partial charge in [0.2, 0.25) is 0 Å². The zero-order valence-corrected chi connectivity index (χ0v) is 19.7. The lowest BCUT2D eigenvalue weighted by Crippen LogP contribution is -2.43. The molecule has 33 heavy (non-hydrogen) atoms. The topological polar surface area (TPSA) is 62.3 Å². The maximum absolute atomic E-state index is 13.8. The van der Waals surface area contributed by atoms with Crippen LogP contribution in [0, 0.1) is 0 Å². The summed E-state index contributed by atoms with van der Waals surface area (Å²) in [5, 5.41) is 0. The minimum Gasteiger partial charge on any atom is -0.496 e. The predicted octanol–water partition coefficient (Wildman–Crippen LogP) is 3.40. The largest absolute Gasteiger partial charge is 0.496 e. The zero-order chi connectivity index (χ0) is 23.5. The predicted molar refractivity (Wildman–Crippen MR) is 128 cm³/mol. The Bertz CT molecular complexity index is 1070. The van der Waals surface area contributed by atoms with Gasteiger partial charge in [0.05, 0.1) is 25.0 Å². The Kier molecular flexibility index (Phi) is 6.70. The summed E-state index contributed by atoms with van der Waals surface area (Å²) in [6, 6.07) is 14.6. The summed E-state index contributed by atoms with van der Waals surface area (Å²) in [6.07, 6.45) is 1.86. The normalized spacial score (nSPS) is 17.6. The van der Waals surface area contributed by atoms with Gasteiger partial charge < -0.3 is 19.3 Å². The van der Waals surface area contributed by atoms with E-state index in [-0.39, 0.29) is 17.9 Å². The van der Waals surface area contributed by atoms with E-state index in [0.717, 1.165) is 25.9 Å². The van der Waals surface area contributed by atoms with Crippen LogP contribution in [0.1, 0.15) is 25.3 Å². The van der Waals surface area contributed by atoms with Gasteiger partial charge in [0.25, 0.3) is 11.8 Å². The van der Waals surface area contributed by atoms with Crippen molar-refractivity contribution >= 4 is 23.1 Å². The number of benzene rings is 2. The molecule has 2 aromatic rings. The van der Waals surface area contributed by atoms with Crippen LogP contribution in [0.5, 0.6) is 11.5 Å². The van der Waals surface area contributed by atoms with Crippen LogP contribution in [0.25, 0.3) is 5.57 Å². The standard InChI is InChI=1S/C26H31N3O4/c1-5-33-20-10-8-9-19(17-20)29-25(30)23(21-11-6-7-12-22(21)32-4)24(26(29)31)28(3)18-13-15-27(2)16-14-18/h6-12,17-18H,5,13-16H2,1-4H3. The highest BCUT2D eigenvalue weighted by molar-refractivity contribution is 6.45. The zero-order valence-electron chi connectivity index (χ0n) is 19.7. The molecule has 0 unspecified atom stereocenters. The molecule has 0 radical (unpaired) electrons. The average molecular weight is 450 g/mol. The number of imide groups is 1. The van der Waals surface area contributed by atoms with Crippen molar-refractivity contribution in [3.05, 3.63) is 59.8 Å². The van der Waals surface area contributed by atoms with Gasteiger partial charge >= 0.3 is 0 Å². The first-order valence-electron chi connectivity index (χ1n) is 11.4. The number of methoxy groups -OCH3 is 1. The van der Waals surface area contributed by atoms with E-state index in [1.807, 2.05) is 49.2 Å². The number of likely N-dealkylation sites (tertiary alicyclic amines) is 1. The van der Waals surface area contributed by atoms with Gasteiger partial charge in [-0.15, -0.1) is 0 Å². The molecule has 0 atom stereocenters. The van der Waals surface area contributed by atoms with Gasteiger partial charge in [-0.25, -0.2) is 4.90 Å². The molecule has 0 spiro atoms. The summed E-state index contributed by atoms with van der Waals surface area (Å²) in [5.41, 5.74) is 1.91. The lowest BCUT2D eigenvalue weighted by Gasteiger charge is -2.36. The Labute approximate surface area is 195 Å². The molecule has 174 valence electrons. The van der Waals surface area contributed by atoms with Crippen molar-refractivity contribution in [2.24, 2.45) is 0 Å². The van der Waals surface area contributed by atoms with Crippen LogP contribution in [0.4, 0.5) is 5.69 Å². The number of carbonyl (C=O) groups is 2. The Morgan fingerprint density at radius 2 is 1.76 bits per heavy atom. The number of anilines is 1. The summed E-state index contributed by atoms with van der Waals surface area (Å²) >= 11 is 0. The smallest absolute Gasteiger partial charge is 0.282 e. The minimum atomic E-state index is -0.354. The first kappa shape index (κ1) is 22.9. The van der Waals surface area contributed by atoms with Crippen LogP contribution in [0.2, 0.25) is 0 Å². The number of hydrogen-bond donors (Lipinski definition) is 0. The second-order valence-corrected chi connectivity index (χ2v) is 8.45. The van der Waals surface area contributed by atoms with E-state index in [1.165, 1.54) is 4.90 Å². The van der Waals surface area contributed by atoms with Gasteiger partial charge in [0, 0.05) is 24.7 Å². The molecule has 2 aliphatic heterocycles. The summed E-state index contributed by atoms with van der Waals surface area (Å²) < 4.78 is 11.2. The summed E-state index contributed by atoms with van der Waals surface area (Å²) in [5.74, 6) is 0.503. The molecule has 0 bridgehead atoms. The number of hydrogen-bond acceptors (Lipinski definition) is 6. The highest BCUT2D eigenvalue weighted by atomic mass is 16.5. The van der Waals surface area contributed by atoms with Crippen molar-refractivity contribution < 1.29 is 19.1 Å². The monoisotopic (exact) mass is 449 g/mol. The average Bonchev–Trinajstić information content (AvgIpc) is 3.09. The van der Waals surface area contributed by atoms with E-state index >= 15 is 0 Å². The fraction of sp³-hybridized carbons (Fsp3) is 0.385. The van der Waals surface area contributed by atoms with E-state index < -0.39 is 0 Å². The Morgan fingerprint density at radius 1 is 1.03 bits per heavy atom. The first-order chi connectivity index (χ1) is 16.0. The third kappa shape index (κ3) is 4.33. The Hall–Kier alpha value is -3.32. The van der Waals surface area contributed by atoms with Crippen LogP contribution < -0.4 is 14.4 Å². The first-order valence-corrected chi connectivity index (χ1v) is 11.4. The van der Waals surface area contributed by atoms with Gasteiger partial charge in [-0.05, 0) is 58.1 Å². The van der Waals surface area contributed by atoms with Crippen molar-refractivity contribution in [1.29, 1.82) is 0 Å². The fourth-order valence-electron chi connectivity index (χ4n) is 4.62. The third-order valence-corrected chi connectivity index (χ3v) is 6.41. The van der Waals surface area contributed by atoms with Crippen molar-refractivity contribution in [1.82, 2.24) is 9.80 Å². The molecule has 2 heterocycles. The van der Waals surface area contributed by atoms with Crippen molar-refractivity contribution in [3.8, 4) is 11.5 Å². The van der Waals surface area contributed by atoms with Gasteiger partial charge in [0.1, 0.15) is 17.2 Å². The molecule has 7 heteroatoms. The fourth-order valence-corrected chi connectivity index (χ4v) is 4.62. The highest BCUT2D eigenvalue weighted by Crippen LogP contribution is 2.39. The molecular formula is C26H31N3O4. The summed E-state index contributed by atoms with van der Waals surface area (Å²) in [4.78, 5) is 33.2. The van der Waals surface area contributed by atoms with Crippen LogP contribution >= 0.6 is 0 Å². The number of piperidine rings is 1. The third-order valence-electron chi connectivity index (χ3n) is 6.41. The maximum Gasteiger partial charge on any atom is 0.282 e. The van der Waals surface area contributed by atoms with Crippen LogP contribution in [0.3, 0.4) is 0 Å². The molecule has 0 aromatic heterocycles. The lowest BCUT2D eigenvalue weighted by molar-refractivity contribution is -0.120. The molecule has 7 nitrogen and oxygen atoms in total. The number of nitrogens with zero attached hydrogens (tertiary/aromatic N) is 3. The van der Waals surface area contributed by atoms with Crippen LogP contribution in [-0.2, 0) is 9.59 Å². The SMILES string of the molecule is CCOc1cccc(N2C(=O)C(c3ccccc3OC)=C(N(C)C3CCN(C)CC3)C2=O)c1. The Morgan fingerprint density at radius 3 is 2.45 bits per heavy atom. The minimum absolute atomic E-state index is 0.173. The molecule has 2 aliphatic rings. The molecule has 0 N–H and O–H groups in total. The number of ether oxygens (including phenoxy) is 2. The van der Waals surface area contributed by atoms with E-state index in [2.05, 4.69) is 11.9 Å². The summed E-state index contributed by atoms with van der Waals surface area (Å²) in [7, 11) is 5.60. The number of rotatable bonds is 7. The molecule has 2 amide bonds. The van der Waals surface area contributed by atoms with Gasteiger partial charge in [-0.2, -0.15) is 0 Å². The quantitative estimate of drug-likeness (QED) is 0.604. The van der Waals surface area contributed by atoms with Crippen molar-refractivity contribution in [2.45, 2.75) is 25.8 Å². The van der Waals surface area contributed by atoms with Crippen molar-refractivity contribution in [3.63, 3.8) is 0 Å². The Balaban J connectivity index is 1.80. The highest BCUT2D eigenvalue weighted by Gasteiger charge is 2.44. The van der Waals surface area contributed by atoms with E-state index in [1.54, 1.807) is 25.3 Å². The number of amides is 2. The molecule has 4 rings (SSSR count). The number of likely N-dealkylation sites (N-methyl/N-ethyl adjacent to an activating group) is 1. The number of para-hydroxylation sites is 1. The molecule has 2 aromatic carbocycles. The van der Waals surface area contributed by atoms with E-state index in [4.69, 9.17) is 9.47 Å². The van der Waals surface area contributed by atoms with Crippen molar-refractivity contribution in [2.75, 3.05) is 45.8 Å². The molecule has 1 saturated heterocycles.